The zero-order valence-electron chi connectivity index (χ0n) is 10.1. The highest BCUT2D eigenvalue weighted by Crippen LogP contribution is 2.33. The van der Waals surface area contributed by atoms with Crippen LogP contribution in [0.15, 0.2) is 18.2 Å². The lowest BCUT2D eigenvalue weighted by Crippen LogP contribution is -2.12. The molecule has 1 rings (SSSR count). The molecule has 0 amide bonds. The Labute approximate surface area is 103 Å². The normalized spacial score (nSPS) is 12.2. The third-order valence-electron chi connectivity index (χ3n) is 2.44. The van der Waals surface area contributed by atoms with Crippen LogP contribution in [0.5, 0.6) is 11.5 Å². The number of ether oxygens (including phenoxy) is 2. The minimum Gasteiger partial charge on any atom is -0.493 e. The molecule has 3 heteroatoms. The van der Waals surface area contributed by atoms with Crippen LogP contribution in [0, 0.1) is 0 Å². The lowest BCUT2D eigenvalue weighted by atomic mass is 10.2. The lowest BCUT2D eigenvalue weighted by Gasteiger charge is -2.18. The molecule has 1 atom stereocenters. The molecular formula is C13H19ClO2. The highest BCUT2D eigenvalue weighted by molar-refractivity contribution is 6.17. The van der Waals surface area contributed by atoms with Gasteiger partial charge in [-0.3, -0.25) is 0 Å². The Morgan fingerprint density at radius 2 is 2.12 bits per heavy atom. The summed E-state index contributed by atoms with van der Waals surface area (Å²) in [5.74, 6) is 1.97. The van der Waals surface area contributed by atoms with Crippen molar-refractivity contribution in [1.82, 2.24) is 0 Å². The Bertz CT molecular complexity index is 303. The highest BCUT2D eigenvalue weighted by Gasteiger charge is 2.12. The van der Waals surface area contributed by atoms with E-state index in [0.29, 0.717) is 5.88 Å². The number of alkyl halides is 1. The van der Waals surface area contributed by atoms with Gasteiger partial charge in [-0.25, -0.2) is 0 Å². The average molecular weight is 243 g/mol. The summed E-state index contributed by atoms with van der Waals surface area (Å²) in [5, 5.41) is 0. The highest BCUT2D eigenvalue weighted by atomic mass is 35.5. The molecule has 0 radical (unpaired) electrons. The number of benzene rings is 1. The molecule has 0 aliphatic heterocycles. The van der Waals surface area contributed by atoms with Crippen LogP contribution in [0.4, 0.5) is 0 Å². The van der Waals surface area contributed by atoms with Crippen LogP contribution in [-0.4, -0.2) is 13.2 Å². The fourth-order valence-corrected chi connectivity index (χ4v) is 1.84. The Kier molecular flexibility index (Phi) is 5.47. The molecule has 16 heavy (non-hydrogen) atoms. The van der Waals surface area contributed by atoms with Crippen molar-refractivity contribution >= 4 is 11.6 Å². The number of methoxy groups -OCH3 is 1. The van der Waals surface area contributed by atoms with Gasteiger partial charge in [0, 0.05) is 5.56 Å². The van der Waals surface area contributed by atoms with E-state index in [9.17, 15) is 0 Å². The maximum atomic E-state index is 5.89. The van der Waals surface area contributed by atoms with Crippen molar-refractivity contribution in [2.24, 2.45) is 0 Å². The topological polar surface area (TPSA) is 18.5 Å². The number of hydrogen-bond acceptors (Lipinski definition) is 2. The zero-order chi connectivity index (χ0) is 12.0. The minimum absolute atomic E-state index is 0.184. The molecule has 0 heterocycles. The van der Waals surface area contributed by atoms with E-state index in [1.54, 1.807) is 7.11 Å². The third kappa shape index (κ3) is 3.31. The number of rotatable bonds is 6. The summed E-state index contributed by atoms with van der Waals surface area (Å²) in [6.07, 6.45) is 2.31. The van der Waals surface area contributed by atoms with Gasteiger partial charge >= 0.3 is 0 Å². The first-order valence-corrected chi connectivity index (χ1v) is 6.14. The molecule has 0 aromatic heterocycles. The SMILES string of the molecule is CCCC(C)Oc1c(CCl)cccc1OC. The molecule has 0 aliphatic carbocycles. The van der Waals surface area contributed by atoms with Crippen molar-refractivity contribution in [1.29, 1.82) is 0 Å². The zero-order valence-corrected chi connectivity index (χ0v) is 10.9. The van der Waals surface area contributed by atoms with Gasteiger partial charge in [0.1, 0.15) is 0 Å². The predicted octanol–water partition coefficient (Wildman–Crippen LogP) is 4.00. The number of hydrogen-bond donors (Lipinski definition) is 0. The van der Waals surface area contributed by atoms with Crippen molar-refractivity contribution in [2.45, 2.75) is 38.7 Å². The van der Waals surface area contributed by atoms with E-state index < -0.39 is 0 Å². The van der Waals surface area contributed by atoms with Gasteiger partial charge in [-0.1, -0.05) is 25.5 Å². The van der Waals surface area contributed by atoms with Crippen LogP contribution in [0.1, 0.15) is 32.3 Å². The van der Waals surface area contributed by atoms with Crippen LogP contribution < -0.4 is 9.47 Å². The van der Waals surface area contributed by atoms with Crippen LogP contribution in [0.2, 0.25) is 0 Å². The summed E-state index contributed by atoms with van der Waals surface area (Å²) in [6.45, 7) is 4.21. The second-order valence-corrected chi connectivity index (χ2v) is 4.07. The summed E-state index contributed by atoms with van der Waals surface area (Å²) in [4.78, 5) is 0. The smallest absolute Gasteiger partial charge is 0.165 e. The Hall–Kier alpha value is -0.890. The summed E-state index contributed by atoms with van der Waals surface area (Å²) >= 11 is 5.89. The Morgan fingerprint density at radius 3 is 2.69 bits per heavy atom. The molecule has 0 N–H and O–H groups in total. The monoisotopic (exact) mass is 242 g/mol. The molecule has 2 nitrogen and oxygen atoms in total. The second-order valence-electron chi connectivity index (χ2n) is 3.80. The van der Waals surface area contributed by atoms with E-state index >= 15 is 0 Å². The van der Waals surface area contributed by atoms with Crippen LogP contribution in [0.3, 0.4) is 0 Å². The second kappa shape index (κ2) is 6.64. The van der Waals surface area contributed by atoms with Gasteiger partial charge in [0.05, 0.1) is 19.1 Å². The van der Waals surface area contributed by atoms with Gasteiger partial charge in [-0.2, -0.15) is 0 Å². The molecule has 1 unspecified atom stereocenters. The first kappa shape index (κ1) is 13.2. The third-order valence-corrected chi connectivity index (χ3v) is 2.73. The summed E-state index contributed by atoms with van der Waals surface area (Å²) in [6, 6.07) is 5.78. The van der Waals surface area contributed by atoms with E-state index in [4.69, 9.17) is 21.1 Å². The van der Waals surface area contributed by atoms with Crippen LogP contribution >= 0.6 is 11.6 Å². The Balaban J connectivity index is 2.90. The van der Waals surface area contributed by atoms with Gasteiger partial charge in [0.15, 0.2) is 11.5 Å². The largest absolute Gasteiger partial charge is 0.493 e. The van der Waals surface area contributed by atoms with E-state index in [1.165, 1.54) is 0 Å². The fourth-order valence-electron chi connectivity index (χ4n) is 1.63. The van der Waals surface area contributed by atoms with Gasteiger partial charge in [-0.05, 0) is 19.4 Å². The van der Waals surface area contributed by atoms with Crippen molar-refractivity contribution < 1.29 is 9.47 Å². The molecule has 0 spiro atoms. The molecule has 90 valence electrons. The summed E-state index contributed by atoms with van der Waals surface area (Å²) < 4.78 is 11.2. The van der Waals surface area contributed by atoms with Crippen LogP contribution in [-0.2, 0) is 5.88 Å². The maximum absolute atomic E-state index is 5.89. The van der Waals surface area contributed by atoms with Crippen molar-refractivity contribution in [3.05, 3.63) is 23.8 Å². The Morgan fingerprint density at radius 1 is 1.38 bits per heavy atom. The molecule has 0 bridgehead atoms. The van der Waals surface area contributed by atoms with E-state index in [-0.39, 0.29) is 6.10 Å². The van der Waals surface area contributed by atoms with E-state index in [0.717, 1.165) is 29.9 Å². The molecule has 0 fully saturated rings. The van der Waals surface area contributed by atoms with E-state index in [1.807, 2.05) is 18.2 Å². The maximum Gasteiger partial charge on any atom is 0.165 e. The van der Waals surface area contributed by atoms with Crippen molar-refractivity contribution in [3.63, 3.8) is 0 Å². The predicted molar refractivity (Wildman–Crippen MR) is 67.5 cm³/mol. The summed E-state index contributed by atoms with van der Waals surface area (Å²) in [5.41, 5.74) is 0.976. The van der Waals surface area contributed by atoms with Gasteiger partial charge in [-0.15, -0.1) is 11.6 Å². The van der Waals surface area contributed by atoms with Gasteiger partial charge < -0.3 is 9.47 Å². The molecule has 0 aliphatic rings. The molecule has 1 aromatic rings. The first-order valence-electron chi connectivity index (χ1n) is 5.61. The summed E-state index contributed by atoms with van der Waals surface area (Å²) in [7, 11) is 1.64. The molecule has 1 aromatic carbocycles. The number of para-hydroxylation sites is 1. The van der Waals surface area contributed by atoms with Crippen molar-refractivity contribution in [3.8, 4) is 11.5 Å². The molecular weight excluding hydrogens is 224 g/mol. The van der Waals surface area contributed by atoms with E-state index in [2.05, 4.69) is 13.8 Å². The van der Waals surface area contributed by atoms with Crippen LogP contribution in [0.25, 0.3) is 0 Å². The standard InChI is InChI=1S/C13H19ClO2/c1-4-6-10(2)16-13-11(9-14)7-5-8-12(13)15-3/h5,7-8,10H,4,6,9H2,1-3H3. The van der Waals surface area contributed by atoms with Crippen molar-refractivity contribution in [2.75, 3.05) is 7.11 Å². The fraction of sp³-hybridized carbons (Fsp3) is 0.538. The van der Waals surface area contributed by atoms with Gasteiger partial charge in [0.25, 0.3) is 0 Å². The quantitative estimate of drug-likeness (QED) is 0.702. The van der Waals surface area contributed by atoms with Gasteiger partial charge in [0.2, 0.25) is 0 Å². The minimum atomic E-state index is 0.184. The molecule has 0 saturated heterocycles. The lowest BCUT2D eigenvalue weighted by molar-refractivity contribution is 0.199. The first-order chi connectivity index (χ1) is 7.72. The average Bonchev–Trinajstić information content (AvgIpc) is 2.29. The number of halogens is 1. The molecule has 0 saturated carbocycles.